The first-order valence-electron chi connectivity index (χ1n) is 5.93. The Bertz CT molecular complexity index is 149. The van der Waals surface area contributed by atoms with Crippen LogP contribution in [0.1, 0.15) is 6.42 Å². The van der Waals surface area contributed by atoms with Gasteiger partial charge >= 0.3 is 0 Å². The SMILES string of the molecule is COCCCN(C)CCN1CCNCC1. The quantitative estimate of drug-likeness (QED) is 0.598. The molecular weight excluding hydrogens is 190 g/mol. The maximum Gasteiger partial charge on any atom is 0.0474 e. The molecule has 0 radical (unpaired) electrons. The number of methoxy groups -OCH3 is 1. The summed E-state index contributed by atoms with van der Waals surface area (Å²) in [5.74, 6) is 0. The van der Waals surface area contributed by atoms with Crippen molar-refractivity contribution in [3.63, 3.8) is 0 Å². The van der Waals surface area contributed by atoms with Gasteiger partial charge in [-0.1, -0.05) is 0 Å². The van der Waals surface area contributed by atoms with Crippen molar-refractivity contribution in [3.05, 3.63) is 0 Å². The highest BCUT2D eigenvalue weighted by Crippen LogP contribution is 1.94. The summed E-state index contributed by atoms with van der Waals surface area (Å²) in [7, 11) is 3.96. The van der Waals surface area contributed by atoms with Crippen molar-refractivity contribution in [2.45, 2.75) is 6.42 Å². The van der Waals surface area contributed by atoms with Gasteiger partial charge in [0.25, 0.3) is 0 Å². The van der Waals surface area contributed by atoms with Crippen LogP contribution in [0.2, 0.25) is 0 Å². The molecule has 0 aromatic rings. The molecular formula is C11H25N3O. The Balaban J connectivity index is 1.97. The van der Waals surface area contributed by atoms with Gasteiger partial charge in [-0.2, -0.15) is 0 Å². The zero-order valence-corrected chi connectivity index (χ0v) is 10.2. The molecule has 1 saturated heterocycles. The number of piperazine rings is 1. The number of hydrogen-bond donors (Lipinski definition) is 1. The van der Waals surface area contributed by atoms with E-state index in [1.54, 1.807) is 7.11 Å². The monoisotopic (exact) mass is 215 g/mol. The minimum Gasteiger partial charge on any atom is -0.385 e. The maximum atomic E-state index is 5.04. The smallest absolute Gasteiger partial charge is 0.0474 e. The number of ether oxygens (including phenoxy) is 1. The first-order chi connectivity index (χ1) is 7.33. The second-order valence-electron chi connectivity index (χ2n) is 4.24. The van der Waals surface area contributed by atoms with Crippen molar-refractivity contribution in [2.75, 3.05) is 66.6 Å². The molecule has 0 saturated carbocycles. The van der Waals surface area contributed by atoms with Gasteiger partial charge in [0, 0.05) is 59.5 Å². The predicted molar refractivity (Wildman–Crippen MR) is 63.3 cm³/mol. The standard InChI is InChI=1S/C11H25N3O/c1-13(6-3-11-15-2)9-10-14-7-4-12-5-8-14/h12H,3-11H2,1-2H3. The van der Waals surface area contributed by atoms with Crippen LogP contribution in [-0.2, 0) is 4.74 Å². The van der Waals surface area contributed by atoms with E-state index in [1.807, 2.05) is 0 Å². The van der Waals surface area contributed by atoms with Gasteiger partial charge in [0.1, 0.15) is 0 Å². The molecule has 0 aromatic carbocycles. The van der Waals surface area contributed by atoms with Gasteiger partial charge in [-0.3, -0.25) is 4.90 Å². The molecule has 0 aliphatic carbocycles. The van der Waals surface area contributed by atoms with Crippen LogP contribution in [-0.4, -0.2) is 76.4 Å². The lowest BCUT2D eigenvalue weighted by molar-refractivity contribution is 0.168. The van der Waals surface area contributed by atoms with Crippen molar-refractivity contribution in [3.8, 4) is 0 Å². The highest BCUT2D eigenvalue weighted by molar-refractivity contribution is 4.68. The van der Waals surface area contributed by atoms with E-state index in [2.05, 4.69) is 22.2 Å². The van der Waals surface area contributed by atoms with E-state index < -0.39 is 0 Å². The molecule has 1 rings (SSSR count). The van der Waals surface area contributed by atoms with Gasteiger partial charge in [0.15, 0.2) is 0 Å². The number of rotatable bonds is 7. The second-order valence-corrected chi connectivity index (χ2v) is 4.24. The van der Waals surface area contributed by atoms with Crippen LogP contribution >= 0.6 is 0 Å². The van der Waals surface area contributed by atoms with Crippen molar-refractivity contribution in [1.29, 1.82) is 0 Å². The first-order valence-corrected chi connectivity index (χ1v) is 5.93. The molecule has 4 nitrogen and oxygen atoms in total. The summed E-state index contributed by atoms with van der Waals surface area (Å²) in [6.45, 7) is 9.07. The third-order valence-electron chi connectivity index (χ3n) is 2.90. The lowest BCUT2D eigenvalue weighted by Gasteiger charge is -2.29. The first kappa shape index (κ1) is 12.9. The molecule has 0 amide bonds. The molecule has 0 atom stereocenters. The van der Waals surface area contributed by atoms with Crippen molar-refractivity contribution >= 4 is 0 Å². The number of likely N-dealkylation sites (N-methyl/N-ethyl adjacent to an activating group) is 1. The molecule has 1 heterocycles. The van der Waals surface area contributed by atoms with Gasteiger partial charge < -0.3 is 15.0 Å². The molecule has 90 valence electrons. The van der Waals surface area contributed by atoms with Crippen molar-refractivity contribution < 1.29 is 4.74 Å². The topological polar surface area (TPSA) is 27.7 Å². The fourth-order valence-corrected chi connectivity index (χ4v) is 1.84. The zero-order valence-electron chi connectivity index (χ0n) is 10.2. The van der Waals surface area contributed by atoms with E-state index >= 15 is 0 Å². The Labute approximate surface area is 93.6 Å². The van der Waals surface area contributed by atoms with Gasteiger partial charge in [-0.25, -0.2) is 0 Å². The van der Waals surface area contributed by atoms with Crippen LogP contribution in [0.5, 0.6) is 0 Å². The fourth-order valence-electron chi connectivity index (χ4n) is 1.84. The summed E-state index contributed by atoms with van der Waals surface area (Å²) in [4.78, 5) is 4.92. The highest BCUT2D eigenvalue weighted by Gasteiger charge is 2.09. The molecule has 1 aliphatic rings. The Morgan fingerprint density at radius 3 is 2.67 bits per heavy atom. The molecule has 4 heteroatoms. The van der Waals surface area contributed by atoms with E-state index in [-0.39, 0.29) is 0 Å². The van der Waals surface area contributed by atoms with Crippen LogP contribution < -0.4 is 5.32 Å². The number of hydrogen-bond acceptors (Lipinski definition) is 4. The zero-order chi connectivity index (χ0) is 10.9. The third-order valence-corrected chi connectivity index (χ3v) is 2.90. The molecule has 1 aliphatic heterocycles. The average molecular weight is 215 g/mol. The Hall–Kier alpha value is -0.160. The van der Waals surface area contributed by atoms with Crippen LogP contribution in [0.3, 0.4) is 0 Å². The van der Waals surface area contributed by atoms with Gasteiger partial charge in [-0.15, -0.1) is 0 Å². The van der Waals surface area contributed by atoms with E-state index in [0.717, 1.165) is 32.7 Å². The number of nitrogens with one attached hydrogen (secondary N) is 1. The molecule has 15 heavy (non-hydrogen) atoms. The van der Waals surface area contributed by atoms with Gasteiger partial charge in [-0.05, 0) is 13.5 Å². The molecule has 1 N–H and O–H groups in total. The summed E-state index contributed by atoms with van der Waals surface area (Å²) in [5, 5.41) is 3.37. The summed E-state index contributed by atoms with van der Waals surface area (Å²) >= 11 is 0. The molecule has 0 unspecified atom stereocenters. The van der Waals surface area contributed by atoms with Crippen LogP contribution in [0, 0.1) is 0 Å². The van der Waals surface area contributed by atoms with Crippen LogP contribution in [0.25, 0.3) is 0 Å². The molecule has 0 bridgehead atoms. The van der Waals surface area contributed by atoms with E-state index in [9.17, 15) is 0 Å². The molecule has 1 fully saturated rings. The Morgan fingerprint density at radius 1 is 1.27 bits per heavy atom. The van der Waals surface area contributed by atoms with Gasteiger partial charge in [0.05, 0.1) is 0 Å². The number of nitrogens with zero attached hydrogens (tertiary/aromatic N) is 2. The Morgan fingerprint density at radius 2 is 2.00 bits per heavy atom. The summed E-state index contributed by atoms with van der Waals surface area (Å²) in [6, 6.07) is 0. The molecule has 0 spiro atoms. The van der Waals surface area contributed by atoms with Crippen LogP contribution in [0.4, 0.5) is 0 Å². The molecule has 0 aromatic heterocycles. The summed E-state index contributed by atoms with van der Waals surface area (Å²) in [5.41, 5.74) is 0. The summed E-state index contributed by atoms with van der Waals surface area (Å²) < 4.78 is 5.04. The Kier molecular flexibility index (Phi) is 6.92. The van der Waals surface area contributed by atoms with Crippen molar-refractivity contribution in [2.24, 2.45) is 0 Å². The minimum absolute atomic E-state index is 0.873. The van der Waals surface area contributed by atoms with Crippen LogP contribution in [0.15, 0.2) is 0 Å². The maximum absolute atomic E-state index is 5.04. The average Bonchev–Trinajstić information content (AvgIpc) is 2.28. The summed E-state index contributed by atoms with van der Waals surface area (Å²) in [6.07, 6.45) is 1.13. The van der Waals surface area contributed by atoms with Crippen molar-refractivity contribution in [1.82, 2.24) is 15.1 Å². The largest absolute Gasteiger partial charge is 0.385 e. The second kappa shape index (κ2) is 8.05. The van der Waals surface area contributed by atoms with E-state index in [0.29, 0.717) is 0 Å². The van der Waals surface area contributed by atoms with E-state index in [4.69, 9.17) is 4.74 Å². The minimum atomic E-state index is 0.873. The predicted octanol–water partition coefficient (Wildman–Crippen LogP) is -0.140. The highest BCUT2D eigenvalue weighted by atomic mass is 16.5. The lowest BCUT2D eigenvalue weighted by atomic mass is 10.3. The fraction of sp³-hybridized carbons (Fsp3) is 1.00. The third kappa shape index (κ3) is 6.10. The van der Waals surface area contributed by atoms with E-state index in [1.165, 1.54) is 26.2 Å². The van der Waals surface area contributed by atoms with Gasteiger partial charge in [0.2, 0.25) is 0 Å². The normalized spacial score (nSPS) is 18.6. The lowest BCUT2D eigenvalue weighted by Crippen LogP contribution is -2.46.